The molecule has 0 aliphatic carbocycles. The number of halogens is 3. The zero-order valence-corrected chi connectivity index (χ0v) is 12.0. The van der Waals surface area contributed by atoms with Crippen molar-refractivity contribution in [3.8, 4) is 0 Å². The summed E-state index contributed by atoms with van der Waals surface area (Å²) in [6.45, 7) is 2.67. The molecule has 0 atom stereocenters. The van der Waals surface area contributed by atoms with E-state index in [-0.39, 0.29) is 12.6 Å². The number of alkyl halides is 3. The van der Waals surface area contributed by atoms with Crippen molar-refractivity contribution in [1.82, 2.24) is 4.90 Å². The molecule has 0 fully saturated rings. The van der Waals surface area contributed by atoms with Crippen molar-refractivity contribution in [3.05, 3.63) is 28.0 Å². The minimum Gasteiger partial charge on any atom is -0.478 e. The summed E-state index contributed by atoms with van der Waals surface area (Å²) in [6.07, 6.45) is -1.79. The van der Waals surface area contributed by atoms with Crippen LogP contribution in [0.3, 0.4) is 0 Å². The Balaban J connectivity index is 2.72. The lowest BCUT2D eigenvalue weighted by Gasteiger charge is -2.26. The molecule has 1 aromatic heterocycles. The third kappa shape index (κ3) is 6.21. The molecule has 0 aliphatic rings. The van der Waals surface area contributed by atoms with E-state index in [1.165, 1.54) is 22.3 Å². The SMILES string of the molecule is CC(C)N(Cc1ccc(C=CC(=O)O)s1)CC(F)(F)F. The van der Waals surface area contributed by atoms with Crippen LogP contribution in [0.2, 0.25) is 0 Å². The average Bonchev–Trinajstić information content (AvgIpc) is 2.71. The molecule has 1 heterocycles. The van der Waals surface area contributed by atoms with Crippen LogP contribution >= 0.6 is 11.3 Å². The van der Waals surface area contributed by atoms with Crippen molar-refractivity contribution in [2.45, 2.75) is 32.6 Å². The molecule has 1 aromatic rings. The van der Waals surface area contributed by atoms with E-state index in [4.69, 9.17) is 5.11 Å². The summed E-state index contributed by atoms with van der Waals surface area (Å²) >= 11 is 1.29. The van der Waals surface area contributed by atoms with E-state index in [1.54, 1.807) is 26.0 Å². The molecule has 0 radical (unpaired) electrons. The van der Waals surface area contributed by atoms with Gasteiger partial charge in [-0.15, -0.1) is 11.3 Å². The molecule has 0 spiro atoms. The van der Waals surface area contributed by atoms with E-state index in [9.17, 15) is 18.0 Å². The number of carboxylic acid groups (broad SMARTS) is 1. The van der Waals surface area contributed by atoms with Crippen molar-refractivity contribution >= 4 is 23.4 Å². The molecule has 0 aromatic carbocycles. The Morgan fingerprint density at radius 3 is 2.60 bits per heavy atom. The lowest BCUT2D eigenvalue weighted by molar-refractivity contribution is -0.150. The van der Waals surface area contributed by atoms with Gasteiger partial charge in [-0.25, -0.2) is 4.79 Å². The fraction of sp³-hybridized carbons (Fsp3) is 0.462. The largest absolute Gasteiger partial charge is 0.478 e. The van der Waals surface area contributed by atoms with Gasteiger partial charge in [0.15, 0.2) is 0 Å². The minimum absolute atomic E-state index is 0.197. The molecule has 0 saturated heterocycles. The van der Waals surface area contributed by atoms with Crippen LogP contribution in [0.4, 0.5) is 13.2 Å². The first-order valence-corrected chi connectivity index (χ1v) is 6.79. The molecule has 1 rings (SSSR count). The summed E-state index contributed by atoms with van der Waals surface area (Å²) in [4.78, 5) is 13.2. The number of aliphatic carboxylic acids is 1. The molecule has 0 bridgehead atoms. The zero-order valence-electron chi connectivity index (χ0n) is 11.1. The average molecular weight is 307 g/mol. The van der Waals surface area contributed by atoms with Crippen LogP contribution in [0.1, 0.15) is 23.6 Å². The van der Waals surface area contributed by atoms with Gasteiger partial charge in [0.25, 0.3) is 0 Å². The number of carbonyl (C=O) groups is 1. The Bertz CT molecular complexity index is 480. The maximum Gasteiger partial charge on any atom is 0.401 e. The standard InChI is InChI=1S/C13H16F3NO2S/c1-9(2)17(8-13(14,15)16)7-11-4-3-10(20-11)5-6-12(18)19/h3-6,9H,7-8H2,1-2H3,(H,18,19). The molecule has 0 unspecified atom stereocenters. The van der Waals surface area contributed by atoms with Crippen LogP contribution in [0.25, 0.3) is 6.08 Å². The maximum atomic E-state index is 12.5. The molecule has 1 N–H and O–H groups in total. The lowest BCUT2D eigenvalue weighted by atomic mass is 10.3. The molecule has 0 saturated carbocycles. The smallest absolute Gasteiger partial charge is 0.401 e. The van der Waals surface area contributed by atoms with Gasteiger partial charge in [0.05, 0.1) is 6.54 Å². The van der Waals surface area contributed by atoms with Crippen LogP contribution < -0.4 is 0 Å². The third-order valence-electron chi connectivity index (χ3n) is 2.54. The second-order valence-corrected chi connectivity index (χ2v) is 5.79. The van der Waals surface area contributed by atoms with E-state index in [0.717, 1.165) is 11.0 Å². The molecule has 112 valence electrons. The lowest BCUT2D eigenvalue weighted by Crippen LogP contribution is -2.38. The van der Waals surface area contributed by atoms with Crippen molar-refractivity contribution in [2.75, 3.05) is 6.54 Å². The normalized spacial score (nSPS) is 12.8. The Morgan fingerprint density at radius 2 is 2.10 bits per heavy atom. The highest BCUT2D eigenvalue weighted by atomic mass is 32.1. The molecular formula is C13H16F3NO2S. The Hall–Kier alpha value is -1.34. The van der Waals surface area contributed by atoms with Crippen molar-refractivity contribution in [3.63, 3.8) is 0 Å². The number of hydrogen-bond donors (Lipinski definition) is 1. The van der Waals surface area contributed by atoms with Gasteiger partial charge >= 0.3 is 12.1 Å². The van der Waals surface area contributed by atoms with E-state index < -0.39 is 18.7 Å². The number of hydrogen-bond acceptors (Lipinski definition) is 3. The Morgan fingerprint density at radius 1 is 1.45 bits per heavy atom. The van der Waals surface area contributed by atoms with Gasteiger partial charge in [0.2, 0.25) is 0 Å². The van der Waals surface area contributed by atoms with Crippen molar-refractivity contribution in [1.29, 1.82) is 0 Å². The van der Waals surface area contributed by atoms with Crippen LogP contribution in [0, 0.1) is 0 Å². The Labute approximate surface area is 119 Å². The minimum atomic E-state index is -4.23. The fourth-order valence-corrected chi connectivity index (χ4v) is 2.52. The quantitative estimate of drug-likeness (QED) is 0.816. The number of carboxylic acids is 1. The highest BCUT2D eigenvalue weighted by Crippen LogP contribution is 2.24. The van der Waals surface area contributed by atoms with E-state index in [2.05, 4.69) is 0 Å². The summed E-state index contributed by atoms with van der Waals surface area (Å²) < 4.78 is 37.4. The highest BCUT2D eigenvalue weighted by Gasteiger charge is 2.31. The van der Waals surface area contributed by atoms with Gasteiger partial charge in [0.1, 0.15) is 0 Å². The molecule has 3 nitrogen and oxygen atoms in total. The summed E-state index contributed by atoms with van der Waals surface area (Å²) in [7, 11) is 0. The summed E-state index contributed by atoms with van der Waals surface area (Å²) in [5, 5.41) is 8.51. The van der Waals surface area contributed by atoms with Crippen LogP contribution in [-0.4, -0.2) is 34.7 Å². The zero-order chi connectivity index (χ0) is 15.3. The number of thiophene rings is 1. The molecule has 20 heavy (non-hydrogen) atoms. The molecule has 0 aliphatic heterocycles. The van der Waals surface area contributed by atoms with Crippen LogP contribution in [0.5, 0.6) is 0 Å². The summed E-state index contributed by atoms with van der Waals surface area (Å²) in [6, 6.07) is 3.19. The van der Waals surface area contributed by atoms with Gasteiger partial charge in [0, 0.05) is 28.4 Å². The third-order valence-corrected chi connectivity index (χ3v) is 3.58. The van der Waals surface area contributed by atoms with Crippen molar-refractivity contribution in [2.24, 2.45) is 0 Å². The van der Waals surface area contributed by atoms with Crippen LogP contribution in [-0.2, 0) is 11.3 Å². The predicted molar refractivity (Wildman–Crippen MR) is 72.6 cm³/mol. The maximum absolute atomic E-state index is 12.5. The van der Waals surface area contributed by atoms with Gasteiger partial charge in [-0.1, -0.05) is 0 Å². The van der Waals surface area contributed by atoms with Gasteiger partial charge in [-0.05, 0) is 32.1 Å². The van der Waals surface area contributed by atoms with Gasteiger partial charge in [-0.3, -0.25) is 4.90 Å². The molecule has 7 heteroatoms. The molecule has 0 amide bonds. The van der Waals surface area contributed by atoms with Gasteiger partial charge < -0.3 is 5.11 Å². The number of rotatable bonds is 6. The first-order chi connectivity index (χ1) is 9.17. The van der Waals surface area contributed by atoms with Crippen LogP contribution in [0.15, 0.2) is 18.2 Å². The molecular weight excluding hydrogens is 291 g/mol. The Kier molecular flexibility index (Phi) is 5.76. The van der Waals surface area contributed by atoms with Gasteiger partial charge in [-0.2, -0.15) is 13.2 Å². The predicted octanol–water partition coefficient (Wildman–Crippen LogP) is 3.62. The first kappa shape index (κ1) is 16.7. The van der Waals surface area contributed by atoms with E-state index >= 15 is 0 Å². The second kappa shape index (κ2) is 6.90. The number of nitrogens with zero attached hydrogens (tertiary/aromatic N) is 1. The second-order valence-electron chi connectivity index (χ2n) is 4.59. The summed E-state index contributed by atoms with van der Waals surface area (Å²) in [5.41, 5.74) is 0. The van der Waals surface area contributed by atoms with E-state index in [0.29, 0.717) is 4.88 Å². The topological polar surface area (TPSA) is 40.5 Å². The monoisotopic (exact) mass is 307 g/mol. The van der Waals surface area contributed by atoms with Crippen molar-refractivity contribution < 1.29 is 23.1 Å². The first-order valence-electron chi connectivity index (χ1n) is 5.98. The fourth-order valence-electron chi connectivity index (χ4n) is 1.57. The highest BCUT2D eigenvalue weighted by molar-refractivity contribution is 7.12. The summed E-state index contributed by atoms with van der Waals surface area (Å²) in [5.74, 6) is -1.05. The van der Waals surface area contributed by atoms with E-state index in [1.807, 2.05) is 0 Å².